The highest BCUT2D eigenvalue weighted by Crippen LogP contribution is 2.36. The summed E-state index contributed by atoms with van der Waals surface area (Å²) in [6.07, 6.45) is 2.64. The molecule has 0 spiro atoms. The first-order valence-electron chi connectivity index (χ1n) is 8.78. The van der Waals surface area contributed by atoms with Crippen LogP contribution in [0.15, 0.2) is 68.7 Å². The van der Waals surface area contributed by atoms with E-state index in [2.05, 4.69) is 9.97 Å². The van der Waals surface area contributed by atoms with Crippen molar-refractivity contribution < 1.29 is 13.6 Å². The van der Waals surface area contributed by atoms with Crippen LogP contribution in [0.1, 0.15) is 5.56 Å². The van der Waals surface area contributed by atoms with Crippen molar-refractivity contribution in [3.63, 3.8) is 0 Å². The van der Waals surface area contributed by atoms with E-state index in [9.17, 15) is 9.59 Å². The Kier molecular flexibility index (Phi) is 3.60. The number of hydrogen-bond acceptors (Lipinski definition) is 6. The average molecular weight is 386 g/mol. The lowest BCUT2D eigenvalue weighted by Crippen LogP contribution is -2.31. The Morgan fingerprint density at radius 3 is 2.66 bits per heavy atom. The molecule has 2 N–H and O–H groups in total. The summed E-state index contributed by atoms with van der Waals surface area (Å²) in [6.45, 7) is 2.00. The van der Waals surface area contributed by atoms with Crippen molar-refractivity contribution in [1.29, 1.82) is 0 Å². The van der Waals surface area contributed by atoms with Gasteiger partial charge in [-0.25, -0.2) is 19.3 Å². The molecule has 0 aliphatic rings. The number of aryl methyl sites for hydroxylation is 1. The number of rotatable bonds is 2. The first-order chi connectivity index (χ1) is 14.0. The molecule has 4 heterocycles. The zero-order valence-electron chi connectivity index (χ0n) is 15.2. The zero-order chi connectivity index (χ0) is 20.1. The van der Waals surface area contributed by atoms with Gasteiger partial charge in [0.25, 0.3) is 0 Å². The SMILES string of the molecule is Cc1ccc(-c2cc(-c3ccco3)c3c(n2)oc2c(=O)n(C(N)=O)cnc23)cc1. The van der Waals surface area contributed by atoms with Gasteiger partial charge >= 0.3 is 11.6 Å². The van der Waals surface area contributed by atoms with Crippen molar-refractivity contribution in [2.75, 3.05) is 0 Å². The van der Waals surface area contributed by atoms with Crippen LogP contribution in [0.5, 0.6) is 0 Å². The van der Waals surface area contributed by atoms with Gasteiger partial charge in [0.05, 0.1) is 17.3 Å². The molecule has 4 aromatic heterocycles. The van der Waals surface area contributed by atoms with Crippen molar-refractivity contribution in [3.8, 4) is 22.6 Å². The fraction of sp³-hybridized carbons (Fsp3) is 0.0476. The third-order valence-corrected chi connectivity index (χ3v) is 4.72. The summed E-state index contributed by atoms with van der Waals surface area (Å²) in [5.41, 5.74) is 8.29. The highest BCUT2D eigenvalue weighted by atomic mass is 16.3. The third kappa shape index (κ3) is 2.61. The van der Waals surface area contributed by atoms with E-state index in [4.69, 9.17) is 14.6 Å². The van der Waals surface area contributed by atoms with Gasteiger partial charge in [0.2, 0.25) is 11.3 Å². The van der Waals surface area contributed by atoms with Gasteiger partial charge in [0.1, 0.15) is 17.6 Å². The van der Waals surface area contributed by atoms with Crippen LogP contribution in [0.3, 0.4) is 0 Å². The number of carbonyl (C=O) groups is 1. The summed E-state index contributed by atoms with van der Waals surface area (Å²) in [5.74, 6) is 0.578. The van der Waals surface area contributed by atoms with Crippen molar-refractivity contribution in [1.82, 2.24) is 14.5 Å². The van der Waals surface area contributed by atoms with E-state index in [1.165, 1.54) is 0 Å². The number of primary amides is 1. The Morgan fingerprint density at radius 1 is 1.17 bits per heavy atom. The highest BCUT2D eigenvalue weighted by molar-refractivity contribution is 6.09. The number of aromatic nitrogens is 3. The van der Waals surface area contributed by atoms with E-state index in [1.54, 1.807) is 18.4 Å². The number of furan rings is 2. The predicted molar refractivity (Wildman–Crippen MR) is 106 cm³/mol. The van der Waals surface area contributed by atoms with Crippen LogP contribution >= 0.6 is 0 Å². The van der Waals surface area contributed by atoms with Crippen molar-refractivity contribution in [3.05, 3.63) is 71.0 Å². The van der Waals surface area contributed by atoms with E-state index in [1.807, 2.05) is 37.3 Å². The quantitative estimate of drug-likeness (QED) is 0.494. The molecular weight excluding hydrogens is 372 g/mol. The molecule has 0 atom stereocenters. The van der Waals surface area contributed by atoms with Crippen LogP contribution < -0.4 is 11.3 Å². The average Bonchev–Trinajstić information content (AvgIpc) is 3.36. The number of pyridine rings is 1. The van der Waals surface area contributed by atoms with Gasteiger partial charge in [-0.1, -0.05) is 29.8 Å². The van der Waals surface area contributed by atoms with Crippen molar-refractivity contribution in [2.24, 2.45) is 5.73 Å². The summed E-state index contributed by atoms with van der Waals surface area (Å²) >= 11 is 0. The number of hydrogen-bond donors (Lipinski definition) is 1. The van der Waals surface area contributed by atoms with E-state index < -0.39 is 11.6 Å². The van der Waals surface area contributed by atoms with Gasteiger partial charge in [-0.05, 0) is 25.1 Å². The number of benzene rings is 1. The Hall–Kier alpha value is -4.20. The zero-order valence-corrected chi connectivity index (χ0v) is 15.2. The maximum Gasteiger partial charge on any atom is 0.327 e. The van der Waals surface area contributed by atoms with Crippen LogP contribution in [0, 0.1) is 6.92 Å². The van der Waals surface area contributed by atoms with Gasteiger partial charge in [0.15, 0.2) is 0 Å². The fourth-order valence-corrected chi connectivity index (χ4v) is 3.28. The van der Waals surface area contributed by atoms with E-state index >= 15 is 0 Å². The molecule has 0 unspecified atom stereocenters. The van der Waals surface area contributed by atoms with Crippen LogP contribution in [0.25, 0.3) is 44.8 Å². The lowest BCUT2D eigenvalue weighted by Gasteiger charge is -2.05. The van der Waals surface area contributed by atoms with Gasteiger partial charge < -0.3 is 14.6 Å². The van der Waals surface area contributed by atoms with Crippen LogP contribution in [-0.2, 0) is 0 Å². The molecule has 142 valence electrons. The minimum absolute atomic E-state index is 0.0948. The molecule has 5 rings (SSSR count). The normalized spacial score (nSPS) is 11.3. The van der Waals surface area contributed by atoms with Crippen LogP contribution in [0.2, 0.25) is 0 Å². The summed E-state index contributed by atoms with van der Waals surface area (Å²) in [5, 5.41) is 0.527. The Morgan fingerprint density at radius 2 is 1.97 bits per heavy atom. The summed E-state index contributed by atoms with van der Waals surface area (Å²) < 4.78 is 12.0. The second-order valence-corrected chi connectivity index (χ2v) is 6.62. The molecule has 0 fully saturated rings. The number of fused-ring (bicyclic) bond motifs is 3. The Bertz CT molecular complexity index is 1440. The summed E-state index contributed by atoms with van der Waals surface area (Å²) in [4.78, 5) is 32.9. The van der Waals surface area contributed by atoms with Gasteiger partial charge in [-0.2, -0.15) is 0 Å². The largest absolute Gasteiger partial charge is 0.464 e. The number of carbonyl (C=O) groups excluding carboxylic acids is 1. The van der Waals surface area contributed by atoms with Crippen molar-refractivity contribution in [2.45, 2.75) is 6.92 Å². The first kappa shape index (κ1) is 16.9. The molecule has 5 aromatic rings. The van der Waals surface area contributed by atoms with Gasteiger partial charge in [0, 0.05) is 11.1 Å². The number of amides is 1. The lowest BCUT2D eigenvalue weighted by atomic mass is 10.0. The molecule has 1 aromatic carbocycles. The second kappa shape index (κ2) is 6.16. The molecule has 0 radical (unpaired) electrons. The smallest absolute Gasteiger partial charge is 0.327 e. The Labute approximate surface area is 163 Å². The second-order valence-electron chi connectivity index (χ2n) is 6.62. The van der Waals surface area contributed by atoms with E-state index in [0.29, 0.717) is 27.0 Å². The summed E-state index contributed by atoms with van der Waals surface area (Å²) in [7, 11) is 0. The minimum Gasteiger partial charge on any atom is -0.464 e. The number of nitrogens with two attached hydrogens (primary N) is 1. The fourth-order valence-electron chi connectivity index (χ4n) is 3.28. The summed E-state index contributed by atoms with van der Waals surface area (Å²) in [6, 6.07) is 12.4. The lowest BCUT2D eigenvalue weighted by molar-refractivity contribution is 0.249. The monoisotopic (exact) mass is 386 g/mol. The Balaban J connectivity index is 1.89. The topological polar surface area (TPSA) is 117 Å². The predicted octanol–water partition coefficient (Wildman–Crippen LogP) is 3.70. The molecule has 0 saturated heterocycles. The van der Waals surface area contributed by atoms with Crippen LogP contribution in [-0.4, -0.2) is 20.6 Å². The molecule has 0 aliphatic carbocycles. The maximum atomic E-state index is 12.6. The van der Waals surface area contributed by atoms with E-state index in [-0.39, 0.29) is 16.8 Å². The molecule has 8 nitrogen and oxygen atoms in total. The molecule has 0 aliphatic heterocycles. The molecule has 1 amide bonds. The minimum atomic E-state index is -0.940. The van der Waals surface area contributed by atoms with E-state index in [0.717, 1.165) is 17.5 Å². The first-order valence-corrected chi connectivity index (χ1v) is 8.78. The molecule has 0 saturated carbocycles. The van der Waals surface area contributed by atoms with Crippen LogP contribution in [0.4, 0.5) is 4.79 Å². The van der Waals surface area contributed by atoms with Gasteiger partial charge in [-0.15, -0.1) is 0 Å². The molecule has 8 heteroatoms. The highest BCUT2D eigenvalue weighted by Gasteiger charge is 2.22. The third-order valence-electron chi connectivity index (χ3n) is 4.72. The molecule has 29 heavy (non-hydrogen) atoms. The molecule has 0 bridgehead atoms. The maximum absolute atomic E-state index is 12.6. The number of nitrogens with zero attached hydrogens (tertiary/aromatic N) is 3. The van der Waals surface area contributed by atoms with Crippen molar-refractivity contribution >= 4 is 28.2 Å². The van der Waals surface area contributed by atoms with Gasteiger partial charge in [-0.3, -0.25) is 4.79 Å². The molecular formula is C21H14N4O4. The standard InChI is InChI=1S/C21H14N4O4/c1-11-4-6-12(7-5-11)14-9-13(15-3-2-8-28-15)16-17-18(29-19(16)24-14)20(26)25(10-23-17)21(22)27/h2-10H,1H3,(H2,22,27).